The molecule has 0 saturated heterocycles. The Morgan fingerprint density at radius 1 is 1.18 bits per heavy atom. The SMILES string of the molecule is Cc1ccc(C2=NC(=N)C3(CC=C3c3cccnc3)S2)cn1. The van der Waals surface area contributed by atoms with Gasteiger partial charge in [-0.25, -0.2) is 4.99 Å². The zero-order valence-electron chi connectivity index (χ0n) is 12.1. The number of rotatable bonds is 2. The summed E-state index contributed by atoms with van der Waals surface area (Å²) in [7, 11) is 0. The van der Waals surface area contributed by atoms with Crippen molar-refractivity contribution in [3.8, 4) is 0 Å². The first kappa shape index (κ1) is 13.4. The third-order valence-electron chi connectivity index (χ3n) is 4.03. The highest BCUT2D eigenvalue weighted by molar-refractivity contribution is 8.17. The molecule has 1 atom stereocenters. The molecule has 0 amide bonds. The zero-order chi connectivity index (χ0) is 15.2. The summed E-state index contributed by atoms with van der Waals surface area (Å²) in [6.45, 7) is 1.96. The molecule has 2 aromatic rings. The Balaban J connectivity index is 1.66. The molecule has 1 aliphatic heterocycles. The van der Waals surface area contributed by atoms with Crippen molar-refractivity contribution >= 4 is 28.2 Å². The van der Waals surface area contributed by atoms with E-state index >= 15 is 0 Å². The van der Waals surface area contributed by atoms with Crippen LogP contribution in [0.3, 0.4) is 0 Å². The van der Waals surface area contributed by atoms with Gasteiger partial charge in [-0.05, 0) is 42.7 Å². The van der Waals surface area contributed by atoms with E-state index in [1.54, 1.807) is 18.0 Å². The molecule has 0 fully saturated rings. The highest BCUT2D eigenvalue weighted by atomic mass is 32.2. The highest BCUT2D eigenvalue weighted by Crippen LogP contribution is 2.54. The molecule has 2 aliphatic rings. The molecule has 4 nitrogen and oxygen atoms in total. The molecule has 1 aliphatic carbocycles. The van der Waals surface area contributed by atoms with Crippen LogP contribution in [0.15, 0.2) is 53.9 Å². The predicted molar refractivity (Wildman–Crippen MR) is 90.4 cm³/mol. The summed E-state index contributed by atoms with van der Waals surface area (Å²) in [5.41, 5.74) is 4.19. The van der Waals surface area contributed by atoms with E-state index in [2.05, 4.69) is 21.0 Å². The van der Waals surface area contributed by atoms with Crippen molar-refractivity contribution in [2.24, 2.45) is 4.99 Å². The topological polar surface area (TPSA) is 62.0 Å². The fourth-order valence-electron chi connectivity index (χ4n) is 2.73. The van der Waals surface area contributed by atoms with Gasteiger partial charge in [0, 0.05) is 29.8 Å². The number of aliphatic imine (C=N–C) groups is 1. The normalized spacial score (nSPS) is 23.2. The molecule has 22 heavy (non-hydrogen) atoms. The Kier molecular flexibility index (Phi) is 2.97. The summed E-state index contributed by atoms with van der Waals surface area (Å²) in [4.78, 5) is 13.0. The number of nitrogens with one attached hydrogen (secondary N) is 1. The van der Waals surface area contributed by atoms with E-state index < -0.39 is 0 Å². The smallest absolute Gasteiger partial charge is 0.143 e. The summed E-state index contributed by atoms with van der Waals surface area (Å²) in [5.74, 6) is 0.425. The van der Waals surface area contributed by atoms with Gasteiger partial charge in [0.2, 0.25) is 0 Å². The van der Waals surface area contributed by atoms with Crippen LogP contribution < -0.4 is 0 Å². The average molecular weight is 306 g/mol. The van der Waals surface area contributed by atoms with Crippen LogP contribution in [-0.2, 0) is 0 Å². The van der Waals surface area contributed by atoms with E-state index in [9.17, 15) is 0 Å². The van der Waals surface area contributed by atoms with E-state index in [0.717, 1.165) is 33.9 Å². The molecule has 1 unspecified atom stereocenters. The molecule has 0 aromatic carbocycles. The average Bonchev–Trinajstić information content (AvgIpc) is 2.88. The van der Waals surface area contributed by atoms with Gasteiger partial charge in [-0.3, -0.25) is 15.4 Å². The van der Waals surface area contributed by atoms with Crippen LogP contribution in [0.1, 0.15) is 23.2 Å². The maximum absolute atomic E-state index is 8.37. The maximum Gasteiger partial charge on any atom is 0.143 e. The fourth-order valence-corrected chi connectivity index (χ4v) is 4.06. The quantitative estimate of drug-likeness (QED) is 0.924. The van der Waals surface area contributed by atoms with Crippen molar-refractivity contribution in [3.05, 3.63) is 65.8 Å². The summed E-state index contributed by atoms with van der Waals surface area (Å²) >= 11 is 1.66. The molecular weight excluding hydrogens is 292 g/mol. The molecule has 2 aromatic heterocycles. The van der Waals surface area contributed by atoms with Crippen molar-refractivity contribution in [3.63, 3.8) is 0 Å². The maximum atomic E-state index is 8.37. The molecule has 5 heteroatoms. The van der Waals surface area contributed by atoms with Gasteiger partial charge >= 0.3 is 0 Å². The lowest BCUT2D eigenvalue weighted by Gasteiger charge is -2.37. The van der Waals surface area contributed by atoms with Crippen LogP contribution >= 0.6 is 11.8 Å². The van der Waals surface area contributed by atoms with Gasteiger partial charge in [0.15, 0.2) is 0 Å². The summed E-state index contributed by atoms with van der Waals surface area (Å²) in [6, 6.07) is 7.97. The summed E-state index contributed by atoms with van der Waals surface area (Å²) < 4.78 is -0.344. The van der Waals surface area contributed by atoms with Crippen LogP contribution in [0.2, 0.25) is 0 Å². The Bertz CT molecular complexity index is 808. The van der Waals surface area contributed by atoms with Gasteiger partial charge in [-0.2, -0.15) is 0 Å². The number of aromatic nitrogens is 2. The first-order valence-corrected chi connectivity index (χ1v) is 7.91. The lowest BCUT2D eigenvalue weighted by Crippen LogP contribution is -2.37. The lowest BCUT2D eigenvalue weighted by molar-refractivity contribution is 0.880. The summed E-state index contributed by atoms with van der Waals surface area (Å²) in [6.07, 6.45) is 8.46. The van der Waals surface area contributed by atoms with Gasteiger partial charge in [0.25, 0.3) is 0 Å². The fraction of sp³-hybridized carbons (Fsp3) is 0.176. The number of thioether (sulfide) groups is 1. The Morgan fingerprint density at radius 2 is 2.09 bits per heavy atom. The van der Waals surface area contributed by atoms with Gasteiger partial charge in [-0.1, -0.05) is 23.9 Å². The minimum Gasteiger partial charge on any atom is -0.285 e. The van der Waals surface area contributed by atoms with E-state index in [1.165, 1.54) is 0 Å². The number of allylic oxidation sites excluding steroid dienone is 1. The second-order valence-corrected chi connectivity index (χ2v) is 6.73. The van der Waals surface area contributed by atoms with Crippen molar-refractivity contribution in [2.75, 3.05) is 0 Å². The molecule has 0 saturated carbocycles. The number of hydrogen-bond donors (Lipinski definition) is 1. The lowest BCUT2D eigenvalue weighted by atomic mass is 9.79. The predicted octanol–water partition coefficient (Wildman–Crippen LogP) is 3.48. The monoisotopic (exact) mass is 306 g/mol. The minimum atomic E-state index is -0.344. The van der Waals surface area contributed by atoms with Crippen molar-refractivity contribution < 1.29 is 0 Å². The second kappa shape index (κ2) is 4.88. The van der Waals surface area contributed by atoms with Crippen molar-refractivity contribution in [1.29, 1.82) is 5.41 Å². The number of aryl methyl sites for hydroxylation is 1. The molecule has 0 radical (unpaired) electrons. The van der Waals surface area contributed by atoms with Gasteiger partial charge in [0.05, 0.1) is 0 Å². The van der Waals surface area contributed by atoms with Gasteiger partial charge in [-0.15, -0.1) is 0 Å². The zero-order valence-corrected chi connectivity index (χ0v) is 12.9. The Labute approximate surface area is 132 Å². The number of nitrogens with zero attached hydrogens (tertiary/aromatic N) is 3. The molecule has 4 rings (SSSR count). The third kappa shape index (κ3) is 1.93. The Morgan fingerprint density at radius 3 is 2.73 bits per heavy atom. The largest absolute Gasteiger partial charge is 0.285 e. The van der Waals surface area contributed by atoms with Crippen molar-refractivity contribution in [2.45, 2.75) is 18.1 Å². The van der Waals surface area contributed by atoms with Crippen LogP contribution in [0, 0.1) is 12.3 Å². The van der Waals surface area contributed by atoms with Gasteiger partial charge in [0.1, 0.15) is 15.6 Å². The molecule has 0 bridgehead atoms. The highest BCUT2D eigenvalue weighted by Gasteiger charge is 2.50. The first-order chi connectivity index (χ1) is 10.7. The minimum absolute atomic E-state index is 0.344. The molecule has 1 N–H and O–H groups in total. The first-order valence-electron chi connectivity index (χ1n) is 7.10. The second-order valence-electron chi connectivity index (χ2n) is 5.45. The molecule has 3 heterocycles. The molecular formula is C17H14N4S. The Hall–Kier alpha value is -2.27. The van der Waals surface area contributed by atoms with Crippen LogP contribution in [0.25, 0.3) is 5.57 Å². The van der Waals surface area contributed by atoms with Crippen LogP contribution in [0.4, 0.5) is 0 Å². The molecule has 1 spiro atoms. The van der Waals surface area contributed by atoms with E-state index in [0.29, 0.717) is 5.84 Å². The molecule has 108 valence electrons. The van der Waals surface area contributed by atoms with Gasteiger partial charge < -0.3 is 0 Å². The number of hydrogen-bond acceptors (Lipinski definition) is 4. The van der Waals surface area contributed by atoms with E-state index in [1.807, 2.05) is 43.6 Å². The van der Waals surface area contributed by atoms with Crippen molar-refractivity contribution in [1.82, 2.24) is 9.97 Å². The number of pyridine rings is 2. The standard InChI is InChI=1S/C17H14N4S/c1-11-4-5-13(10-20-11)15-21-16(18)17(22-15)7-6-14(17)12-3-2-8-19-9-12/h2-6,8-10,18H,7H2,1H3. The van der Waals surface area contributed by atoms with E-state index in [-0.39, 0.29) is 4.75 Å². The van der Waals surface area contributed by atoms with Crippen LogP contribution in [0.5, 0.6) is 0 Å². The van der Waals surface area contributed by atoms with Crippen LogP contribution in [-0.4, -0.2) is 25.6 Å². The summed E-state index contributed by atoms with van der Waals surface area (Å²) in [5, 5.41) is 9.25. The van der Waals surface area contributed by atoms with E-state index in [4.69, 9.17) is 5.41 Å². The number of amidine groups is 1. The third-order valence-corrected chi connectivity index (χ3v) is 5.48.